The normalized spacial score (nSPS) is 14.0. The van der Waals surface area contributed by atoms with Gasteiger partial charge in [-0.15, -0.1) is 11.3 Å². The Bertz CT molecular complexity index is 1030. The molecule has 7 heteroatoms. The van der Waals surface area contributed by atoms with E-state index >= 15 is 0 Å². The number of carbonyl (C=O) groups is 1. The van der Waals surface area contributed by atoms with Crippen molar-refractivity contribution in [2.75, 3.05) is 0 Å². The van der Waals surface area contributed by atoms with Crippen molar-refractivity contribution < 1.29 is 14.3 Å². The fraction of sp³-hybridized carbons (Fsp3) is 0.389. The number of hydrogen-bond acceptors (Lipinski definition) is 5. The van der Waals surface area contributed by atoms with Crippen LogP contribution in [0.4, 0.5) is 0 Å². The Hall–Kier alpha value is -2.41. The van der Waals surface area contributed by atoms with E-state index in [4.69, 9.17) is 14.5 Å². The van der Waals surface area contributed by atoms with Gasteiger partial charge in [-0.2, -0.15) is 0 Å². The van der Waals surface area contributed by atoms with Crippen molar-refractivity contribution in [3.63, 3.8) is 0 Å². The second-order valence-corrected chi connectivity index (χ2v) is 7.32. The minimum absolute atomic E-state index is 0.0467. The van der Waals surface area contributed by atoms with Gasteiger partial charge in [0.2, 0.25) is 5.76 Å². The quantitative estimate of drug-likeness (QED) is 0.774. The minimum Gasteiger partial charge on any atom is -0.475 e. The molecular formula is C18H18N2O4S. The molecule has 0 bridgehead atoms. The number of thiophene rings is 1. The van der Waals surface area contributed by atoms with E-state index in [1.54, 1.807) is 22.0 Å². The number of carboxylic acids is 1. The Morgan fingerprint density at radius 1 is 1.36 bits per heavy atom. The number of nitrogens with zero attached hydrogens (tertiary/aromatic N) is 2. The van der Waals surface area contributed by atoms with E-state index in [0.717, 1.165) is 35.0 Å². The van der Waals surface area contributed by atoms with Crippen molar-refractivity contribution >= 4 is 27.5 Å². The van der Waals surface area contributed by atoms with E-state index in [1.807, 2.05) is 6.92 Å². The first-order valence-electron chi connectivity index (χ1n) is 8.44. The molecule has 3 aromatic heterocycles. The smallest absolute Gasteiger partial charge is 0.371 e. The molecule has 25 heavy (non-hydrogen) atoms. The Balaban J connectivity index is 1.85. The van der Waals surface area contributed by atoms with Crippen molar-refractivity contribution in [3.8, 4) is 0 Å². The molecule has 130 valence electrons. The first kappa shape index (κ1) is 16.1. The van der Waals surface area contributed by atoms with Gasteiger partial charge in [-0.1, -0.05) is 6.92 Å². The lowest BCUT2D eigenvalue weighted by atomic mass is 9.97. The Kier molecular flexibility index (Phi) is 3.95. The van der Waals surface area contributed by atoms with Crippen LogP contribution in [0, 0.1) is 0 Å². The van der Waals surface area contributed by atoms with Gasteiger partial charge >= 0.3 is 5.97 Å². The van der Waals surface area contributed by atoms with Crippen LogP contribution in [-0.2, 0) is 25.8 Å². The van der Waals surface area contributed by atoms with Crippen LogP contribution >= 0.6 is 11.3 Å². The first-order valence-corrected chi connectivity index (χ1v) is 9.26. The summed E-state index contributed by atoms with van der Waals surface area (Å²) in [5.41, 5.74) is 1.11. The van der Waals surface area contributed by atoms with Crippen LogP contribution in [0.5, 0.6) is 0 Å². The number of aryl methyl sites for hydroxylation is 3. The van der Waals surface area contributed by atoms with Crippen LogP contribution in [0.3, 0.4) is 0 Å². The molecule has 0 saturated carbocycles. The molecular weight excluding hydrogens is 340 g/mol. The lowest BCUT2D eigenvalue weighted by Crippen LogP contribution is -2.26. The molecule has 0 unspecified atom stereocenters. The van der Waals surface area contributed by atoms with E-state index in [2.05, 4.69) is 0 Å². The van der Waals surface area contributed by atoms with Gasteiger partial charge in [0.05, 0.1) is 11.9 Å². The van der Waals surface area contributed by atoms with E-state index in [-0.39, 0.29) is 17.9 Å². The van der Waals surface area contributed by atoms with Crippen molar-refractivity contribution in [1.29, 1.82) is 0 Å². The number of aromatic nitrogens is 2. The first-order chi connectivity index (χ1) is 12.1. The van der Waals surface area contributed by atoms with E-state index in [0.29, 0.717) is 18.0 Å². The summed E-state index contributed by atoms with van der Waals surface area (Å²) < 4.78 is 6.94. The number of rotatable bonds is 4. The standard InChI is InChI=1S/C18H18N2O4S/c1-2-14-19-16-15(11-5-3-4-6-13(11)25-16)17(21)20(14)9-10-7-8-12(24-10)18(22)23/h7-8H,2-6,9H2,1H3,(H,22,23). The Labute approximate surface area is 147 Å². The average Bonchev–Trinajstić information content (AvgIpc) is 3.21. The summed E-state index contributed by atoms with van der Waals surface area (Å²) in [6, 6.07) is 3.01. The van der Waals surface area contributed by atoms with Gasteiger partial charge in [0.15, 0.2) is 0 Å². The molecule has 3 heterocycles. The second kappa shape index (κ2) is 6.15. The van der Waals surface area contributed by atoms with Gasteiger partial charge < -0.3 is 9.52 Å². The third-order valence-electron chi connectivity index (χ3n) is 4.66. The van der Waals surface area contributed by atoms with Crippen LogP contribution in [0.15, 0.2) is 21.3 Å². The van der Waals surface area contributed by atoms with Gasteiger partial charge in [-0.25, -0.2) is 9.78 Å². The van der Waals surface area contributed by atoms with Gasteiger partial charge in [-0.05, 0) is 43.4 Å². The minimum atomic E-state index is -1.12. The van der Waals surface area contributed by atoms with E-state index < -0.39 is 5.97 Å². The molecule has 0 atom stereocenters. The summed E-state index contributed by atoms with van der Waals surface area (Å²) in [4.78, 5) is 31.0. The maximum absolute atomic E-state index is 13.2. The summed E-state index contributed by atoms with van der Waals surface area (Å²) in [5.74, 6) is -0.0957. The predicted molar refractivity (Wildman–Crippen MR) is 94.7 cm³/mol. The molecule has 0 radical (unpaired) electrons. The lowest BCUT2D eigenvalue weighted by Gasteiger charge is -2.12. The summed E-state index contributed by atoms with van der Waals surface area (Å²) >= 11 is 1.64. The fourth-order valence-electron chi connectivity index (χ4n) is 3.45. The zero-order chi connectivity index (χ0) is 17.6. The molecule has 1 aliphatic rings. The number of furan rings is 1. The average molecular weight is 358 g/mol. The molecule has 4 rings (SSSR count). The van der Waals surface area contributed by atoms with Crippen molar-refractivity contribution in [2.45, 2.75) is 45.6 Å². The maximum Gasteiger partial charge on any atom is 0.371 e. The fourth-order valence-corrected chi connectivity index (χ4v) is 4.72. The summed E-state index contributed by atoms with van der Waals surface area (Å²) in [6.07, 6.45) is 4.85. The summed E-state index contributed by atoms with van der Waals surface area (Å²) in [5, 5.41) is 9.73. The van der Waals surface area contributed by atoms with Crippen LogP contribution in [0.2, 0.25) is 0 Å². The molecule has 0 saturated heterocycles. The van der Waals surface area contributed by atoms with Gasteiger partial charge in [0, 0.05) is 11.3 Å². The Morgan fingerprint density at radius 2 is 2.16 bits per heavy atom. The lowest BCUT2D eigenvalue weighted by molar-refractivity contribution is 0.0660. The summed E-state index contributed by atoms with van der Waals surface area (Å²) in [7, 11) is 0. The highest BCUT2D eigenvalue weighted by Gasteiger charge is 2.22. The van der Waals surface area contributed by atoms with Crippen molar-refractivity contribution in [1.82, 2.24) is 9.55 Å². The number of hydrogen-bond donors (Lipinski definition) is 1. The molecule has 0 fully saturated rings. The molecule has 6 nitrogen and oxygen atoms in total. The third kappa shape index (κ3) is 2.68. The van der Waals surface area contributed by atoms with E-state index in [1.165, 1.54) is 17.4 Å². The largest absolute Gasteiger partial charge is 0.475 e. The molecule has 3 aromatic rings. The van der Waals surface area contributed by atoms with Crippen molar-refractivity contribution in [2.24, 2.45) is 0 Å². The zero-order valence-electron chi connectivity index (χ0n) is 13.9. The SMILES string of the molecule is CCc1nc2sc3c(c2c(=O)n1Cc1ccc(C(=O)O)o1)CCCC3. The highest BCUT2D eigenvalue weighted by Crippen LogP contribution is 2.33. The monoisotopic (exact) mass is 358 g/mol. The molecule has 0 aliphatic heterocycles. The molecule has 0 aromatic carbocycles. The Morgan fingerprint density at radius 3 is 2.88 bits per heavy atom. The molecule has 0 amide bonds. The molecule has 1 N–H and O–H groups in total. The highest BCUT2D eigenvalue weighted by atomic mass is 32.1. The number of fused-ring (bicyclic) bond motifs is 3. The predicted octanol–water partition coefficient (Wildman–Crippen LogP) is 3.24. The van der Waals surface area contributed by atoms with Crippen LogP contribution < -0.4 is 5.56 Å². The van der Waals surface area contributed by atoms with Crippen molar-refractivity contribution in [3.05, 3.63) is 50.3 Å². The second-order valence-electron chi connectivity index (χ2n) is 6.24. The number of carboxylic acid groups (broad SMARTS) is 1. The van der Waals surface area contributed by atoms with Gasteiger partial charge in [0.1, 0.15) is 16.4 Å². The molecule has 1 aliphatic carbocycles. The van der Waals surface area contributed by atoms with Gasteiger partial charge in [0.25, 0.3) is 5.56 Å². The zero-order valence-corrected chi connectivity index (χ0v) is 14.7. The highest BCUT2D eigenvalue weighted by molar-refractivity contribution is 7.18. The maximum atomic E-state index is 13.2. The number of aromatic carboxylic acids is 1. The van der Waals surface area contributed by atoms with Crippen LogP contribution in [-0.4, -0.2) is 20.6 Å². The topological polar surface area (TPSA) is 85.3 Å². The van der Waals surface area contributed by atoms with Crippen LogP contribution in [0.1, 0.15) is 52.3 Å². The van der Waals surface area contributed by atoms with Crippen LogP contribution in [0.25, 0.3) is 10.2 Å². The molecule has 0 spiro atoms. The summed E-state index contributed by atoms with van der Waals surface area (Å²) in [6.45, 7) is 2.16. The third-order valence-corrected chi connectivity index (χ3v) is 5.84. The van der Waals surface area contributed by atoms with E-state index in [9.17, 15) is 9.59 Å². The van der Waals surface area contributed by atoms with Gasteiger partial charge in [-0.3, -0.25) is 9.36 Å².